The van der Waals surface area contributed by atoms with Crippen molar-refractivity contribution in [2.24, 2.45) is 5.41 Å². The summed E-state index contributed by atoms with van der Waals surface area (Å²) in [6.45, 7) is 6.29. The first-order chi connectivity index (χ1) is 4.04. The van der Waals surface area contributed by atoms with Gasteiger partial charge in [-0.25, -0.2) is 0 Å². The first-order valence-electron chi connectivity index (χ1n) is 3.13. The first-order valence-corrected chi connectivity index (χ1v) is 4.48. The predicted molar refractivity (Wildman–Crippen MR) is 45.0 cm³/mol. The largest absolute Gasteiger partial charge is 0.425 e. The van der Waals surface area contributed by atoms with E-state index in [0.717, 1.165) is 10.5 Å². The van der Waals surface area contributed by atoms with Crippen molar-refractivity contribution in [3.63, 3.8) is 0 Å². The number of hydrogen-bond acceptors (Lipinski definition) is 1. The minimum absolute atomic E-state index is 0.128. The van der Waals surface area contributed by atoms with Crippen LogP contribution >= 0.6 is 11.6 Å². The van der Waals surface area contributed by atoms with Crippen molar-refractivity contribution < 1.29 is 4.43 Å². The zero-order chi connectivity index (χ0) is 7.49. The molecule has 0 saturated heterocycles. The van der Waals surface area contributed by atoms with Crippen LogP contribution in [0.4, 0.5) is 0 Å². The summed E-state index contributed by atoms with van der Waals surface area (Å²) in [5.41, 5.74) is 0.128. The Morgan fingerprint density at radius 1 is 1.67 bits per heavy atom. The highest BCUT2D eigenvalue weighted by molar-refractivity contribution is 6.18. The molecule has 0 heterocycles. The fraction of sp³-hybridized carbons (Fsp3) is 1.00. The molecule has 0 bridgehead atoms. The Balaban J connectivity index is 3.80. The van der Waals surface area contributed by atoms with Crippen molar-refractivity contribution in [2.45, 2.75) is 26.9 Å². The summed E-state index contributed by atoms with van der Waals surface area (Å²) in [6, 6.07) is 0. The minimum Gasteiger partial charge on any atom is -0.425 e. The van der Waals surface area contributed by atoms with Crippen molar-refractivity contribution in [3.05, 3.63) is 0 Å². The van der Waals surface area contributed by atoms with Crippen molar-refractivity contribution in [1.29, 1.82) is 0 Å². The molecule has 0 fully saturated rings. The van der Waals surface area contributed by atoms with Crippen molar-refractivity contribution in [1.82, 2.24) is 0 Å². The van der Waals surface area contributed by atoms with Crippen LogP contribution in [-0.2, 0) is 4.43 Å². The summed E-state index contributed by atoms with van der Waals surface area (Å²) in [4.78, 5) is 0. The van der Waals surface area contributed by atoms with E-state index >= 15 is 0 Å². The Bertz CT molecular complexity index is 85.1. The molecular formula is C6H15ClOSi. The fourth-order valence-electron chi connectivity index (χ4n) is 0.428. The Kier molecular flexibility index (Phi) is 3.78. The van der Waals surface area contributed by atoms with E-state index in [1.54, 1.807) is 0 Å². The zero-order valence-corrected chi connectivity index (χ0v) is 9.33. The molecule has 0 aromatic carbocycles. The second kappa shape index (κ2) is 3.59. The molecule has 9 heavy (non-hydrogen) atoms. The molecule has 0 aliphatic heterocycles. The third kappa shape index (κ3) is 2.69. The van der Waals surface area contributed by atoms with Crippen LogP contribution in [0.3, 0.4) is 0 Å². The van der Waals surface area contributed by atoms with Gasteiger partial charge in [-0.3, -0.25) is 0 Å². The van der Waals surface area contributed by atoms with Crippen LogP contribution in [0.15, 0.2) is 0 Å². The van der Waals surface area contributed by atoms with Gasteiger partial charge in [-0.2, -0.15) is 0 Å². The van der Waals surface area contributed by atoms with Gasteiger partial charge in [0.2, 0.25) is 0 Å². The molecule has 3 heteroatoms. The summed E-state index contributed by atoms with van der Waals surface area (Å²) < 4.78 is 5.26. The molecule has 0 amide bonds. The molecule has 1 nitrogen and oxygen atoms in total. The lowest BCUT2D eigenvalue weighted by molar-refractivity contribution is 0.117. The molecular weight excluding hydrogens is 152 g/mol. The lowest BCUT2D eigenvalue weighted by Gasteiger charge is -2.28. The fourth-order valence-corrected chi connectivity index (χ4v) is 1.28. The standard InChI is InChI=1S/C6H15ClOSi/c1-5(8-9)6(2,3)4-7/h5H,4H2,1-3,9H3/t5-/m1/s1. The zero-order valence-electron chi connectivity index (χ0n) is 6.57. The van der Waals surface area contributed by atoms with E-state index < -0.39 is 0 Å². The van der Waals surface area contributed by atoms with Crippen LogP contribution in [0.5, 0.6) is 0 Å². The third-order valence-corrected chi connectivity index (χ3v) is 3.19. The molecule has 1 atom stereocenters. The van der Waals surface area contributed by atoms with Crippen LogP contribution in [0, 0.1) is 5.41 Å². The Hall–Kier alpha value is 0.467. The number of rotatable bonds is 3. The second-order valence-electron chi connectivity index (χ2n) is 3.00. The number of hydrogen-bond donors (Lipinski definition) is 0. The van der Waals surface area contributed by atoms with E-state index in [1.165, 1.54) is 0 Å². The molecule has 0 aromatic rings. The van der Waals surface area contributed by atoms with E-state index in [0.29, 0.717) is 12.0 Å². The summed E-state index contributed by atoms with van der Waals surface area (Å²) in [5, 5.41) is 0. The van der Waals surface area contributed by atoms with Gasteiger partial charge >= 0.3 is 0 Å². The maximum absolute atomic E-state index is 5.70. The Morgan fingerprint density at radius 3 is 2.22 bits per heavy atom. The van der Waals surface area contributed by atoms with Crippen LogP contribution in [-0.4, -0.2) is 22.5 Å². The number of alkyl halides is 1. The highest BCUT2D eigenvalue weighted by Gasteiger charge is 2.23. The topological polar surface area (TPSA) is 9.23 Å². The maximum atomic E-state index is 5.70. The number of halogens is 1. The van der Waals surface area contributed by atoms with Gasteiger partial charge < -0.3 is 4.43 Å². The lowest BCUT2D eigenvalue weighted by Crippen LogP contribution is -2.30. The second-order valence-corrected chi connectivity index (χ2v) is 3.74. The molecule has 0 spiro atoms. The van der Waals surface area contributed by atoms with Gasteiger partial charge in [-0.05, 0) is 6.92 Å². The lowest BCUT2D eigenvalue weighted by atomic mass is 9.90. The summed E-state index contributed by atoms with van der Waals surface area (Å²) in [7, 11) is 0.800. The molecule has 0 aromatic heterocycles. The van der Waals surface area contributed by atoms with Gasteiger partial charge in [0.05, 0.1) is 0 Å². The first kappa shape index (κ1) is 9.47. The molecule has 0 N–H and O–H groups in total. The highest BCUT2D eigenvalue weighted by atomic mass is 35.5. The Morgan fingerprint density at radius 2 is 2.11 bits per heavy atom. The van der Waals surface area contributed by atoms with Crippen molar-refractivity contribution in [3.8, 4) is 0 Å². The van der Waals surface area contributed by atoms with Crippen LogP contribution in [0.2, 0.25) is 0 Å². The van der Waals surface area contributed by atoms with Gasteiger partial charge in [-0.15, -0.1) is 11.6 Å². The van der Waals surface area contributed by atoms with E-state index in [-0.39, 0.29) is 5.41 Å². The third-order valence-electron chi connectivity index (χ3n) is 1.80. The van der Waals surface area contributed by atoms with Crippen LogP contribution < -0.4 is 0 Å². The smallest absolute Gasteiger partial charge is 0.146 e. The molecule has 0 aliphatic rings. The molecule has 0 saturated carbocycles. The maximum Gasteiger partial charge on any atom is 0.146 e. The summed E-state index contributed by atoms with van der Waals surface area (Å²) in [5.74, 6) is 0.663. The average Bonchev–Trinajstić information content (AvgIpc) is 1.86. The van der Waals surface area contributed by atoms with Crippen molar-refractivity contribution in [2.75, 3.05) is 5.88 Å². The van der Waals surface area contributed by atoms with E-state index in [9.17, 15) is 0 Å². The summed E-state index contributed by atoms with van der Waals surface area (Å²) >= 11 is 5.70. The van der Waals surface area contributed by atoms with Gasteiger partial charge in [0.25, 0.3) is 0 Å². The van der Waals surface area contributed by atoms with Gasteiger partial charge in [-0.1, -0.05) is 13.8 Å². The normalized spacial score (nSPS) is 16.0. The van der Waals surface area contributed by atoms with Crippen LogP contribution in [0.25, 0.3) is 0 Å². The SMILES string of the molecule is C[C@@H](O[SiH3])C(C)(C)CCl. The average molecular weight is 167 g/mol. The quantitative estimate of drug-likeness (QED) is 0.448. The minimum atomic E-state index is 0.128. The monoisotopic (exact) mass is 166 g/mol. The molecule has 0 rings (SSSR count). The van der Waals surface area contributed by atoms with Crippen LogP contribution in [0.1, 0.15) is 20.8 Å². The van der Waals surface area contributed by atoms with Gasteiger partial charge in [0.1, 0.15) is 10.5 Å². The molecule has 56 valence electrons. The molecule has 0 aliphatic carbocycles. The van der Waals surface area contributed by atoms with E-state index in [4.69, 9.17) is 16.0 Å². The van der Waals surface area contributed by atoms with E-state index in [1.807, 2.05) is 0 Å². The Labute approximate surface area is 65.3 Å². The highest BCUT2D eigenvalue weighted by Crippen LogP contribution is 2.23. The van der Waals surface area contributed by atoms with Gasteiger partial charge in [0, 0.05) is 17.4 Å². The molecule has 0 radical (unpaired) electrons. The van der Waals surface area contributed by atoms with Crippen molar-refractivity contribution >= 4 is 22.1 Å². The predicted octanol–water partition coefficient (Wildman–Crippen LogP) is 0.937. The summed E-state index contributed by atoms with van der Waals surface area (Å²) in [6.07, 6.45) is 0.293. The van der Waals surface area contributed by atoms with E-state index in [2.05, 4.69) is 20.8 Å². The van der Waals surface area contributed by atoms with Gasteiger partial charge in [0.15, 0.2) is 0 Å². The molecule has 0 unspecified atom stereocenters.